The smallest absolute Gasteiger partial charge is 0.209 e. The first-order chi connectivity index (χ1) is 7.70. The fraction of sp³-hybridized carbons (Fsp3) is 0.400. The summed E-state index contributed by atoms with van der Waals surface area (Å²) in [6.45, 7) is 4.60. The van der Waals surface area contributed by atoms with Crippen molar-refractivity contribution in [3.05, 3.63) is 27.7 Å². The van der Waals surface area contributed by atoms with Crippen LogP contribution in [0.5, 0.6) is 0 Å². The number of nitrogens with two attached hydrogens (primary N) is 1. The van der Waals surface area contributed by atoms with E-state index >= 15 is 0 Å². The van der Waals surface area contributed by atoms with Gasteiger partial charge in [0.05, 0.1) is 5.25 Å². The van der Waals surface area contributed by atoms with Crippen LogP contribution in [0.4, 0.5) is 0 Å². The third kappa shape index (κ3) is 2.45. The molecular formula is C10H14N4S2. The van der Waals surface area contributed by atoms with Crippen molar-refractivity contribution in [1.82, 2.24) is 15.2 Å². The van der Waals surface area contributed by atoms with Crippen LogP contribution in [-0.4, -0.2) is 21.7 Å². The van der Waals surface area contributed by atoms with Gasteiger partial charge in [-0.1, -0.05) is 11.8 Å². The first kappa shape index (κ1) is 11.6. The Bertz CT molecular complexity index is 463. The molecule has 0 bridgehead atoms. The van der Waals surface area contributed by atoms with Gasteiger partial charge in [-0.2, -0.15) is 0 Å². The molecule has 2 heterocycles. The van der Waals surface area contributed by atoms with Crippen LogP contribution in [0, 0.1) is 13.8 Å². The molecule has 0 saturated heterocycles. The topological polar surface area (TPSA) is 67.6 Å². The molecule has 0 radical (unpaired) electrons. The van der Waals surface area contributed by atoms with Gasteiger partial charge in [0, 0.05) is 11.4 Å². The van der Waals surface area contributed by atoms with E-state index in [1.165, 1.54) is 10.4 Å². The Morgan fingerprint density at radius 2 is 2.38 bits per heavy atom. The lowest BCUT2D eigenvalue weighted by Gasteiger charge is -2.11. The highest BCUT2D eigenvalue weighted by atomic mass is 32.2. The third-order valence-electron chi connectivity index (χ3n) is 2.23. The standard InChI is InChI=1S/C10H14N4S2/c1-6-3-4-15-9(6)8(5-11)16-10-12-7(2)13-14-10/h3-4,8H,5,11H2,1-2H3,(H,12,13,14). The summed E-state index contributed by atoms with van der Waals surface area (Å²) in [6, 6.07) is 2.12. The second-order valence-electron chi connectivity index (χ2n) is 3.51. The SMILES string of the molecule is Cc1nc(SC(CN)c2sccc2C)n[nH]1. The number of hydrogen-bond donors (Lipinski definition) is 2. The molecule has 0 fully saturated rings. The molecule has 86 valence electrons. The van der Waals surface area contributed by atoms with Gasteiger partial charge in [0.1, 0.15) is 5.82 Å². The summed E-state index contributed by atoms with van der Waals surface area (Å²) in [7, 11) is 0. The van der Waals surface area contributed by atoms with Gasteiger partial charge in [-0.15, -0.1) is 16.4 Å². The number of thiophene rings is 1. The van der Waals surface area contributed by atoms with Crippen molar-refractivity contribution in [2.75, 3.05) is 6.54 Å². The van der Waals surface area contributed by atoms with Crippen molar-refractivity contribution in [3.63, 3.8) is 0 Å². The summed E-state index contributed by atoms with van der Waals surface area (Å²) in [4.78, 5) is 5.60. The van der Waals surface area contributed by atoms with Crippen molar-refractivity contribution in [1.29, 1.82) is 0 Å². The van der Waals surface area contributed by atoms with Crippen molar-refractivity contribution >= 4 is 23.1 Å². The van der Waals surface area contributed by atoms with Crippen LogP contribution in [0.2, 0.25) is 0 Å². The molecule has 0 aliphatic carbocycles. The van der Waals surface area contributed by atoms with Crippen LogP contribution in [0.3, 0.4) is 0 Å². The van der Waals surface area contributed by atoms with Crippen molar-refractivity contribution < 1.29 is 0 Å². The maximum Gasteiger partial charge on any atom is 0.209 e. The van der Waals surface area contributed by atoms with E-state index < -0.39 is 0 Å². The highest BCUT2D eigenvalue weighted by Gasteiger charge is 2.17. The van der Waals surface area contributed by atoms with Gasteiger partial charge in [-0.05, 0) is 30.9 Å². The average molecular weight is 254 g/mol. The lowest BCUT2D eigenvalue weighted by Crippen LogP contribution is -2.09. The maximum atomic E-state index is 5.81. The van der Waals surface area contributed by atoms with E-state index in [1.807, 2.05) is 6.92 Å². The quantitative estimate of drug-likeness (QED) is 0.821. The van der Waals surface area contributed by atoms with Gasteiger partial charge in [0.25, 0.3) is 0 Å². The maximum absolute atomic E-state index is 5.81. The van der Waals surface area contributed by atoms with Crippen molar-refractivity contribution in [3.8, 4) is 0 Å². The minimum absolute atomic E-state index is 0.246. The minimum atomic E-state index is 0.246. The summed E-state index contributed by atoms with van der Waals surface area (Å²) in [5.74, 6) is 0.834. The van der Waals surface area contributed by atoms with Gasteiger partial charge >= 0.3 is 0 Å². The second-order valence-corrected chi connectivity index (χ2v) is 5.63. The monoisotopic (exact) mass is 254 g/mol. The minimum Gasteiger partial charge on any atom is -0.329 e. The molecule has 2 aromatic heterocycles. The van der Waals surface area contributed by atoms with E-state index in [0.717, 1.165) is 11.0 Å². The Labute approximate surface area is 103 Å². The van der Waals surface area contributed by atoms with E-state index in [4.69, 9.17) is 5.73 Å². The number of rotatable bonds is 4. The first-order valence-corrected chi connectivity index (χ1v) is 6.76. The van der Waals surface area contributed by atoms with Crippen LogP contribution in [-0.2, 0) is 0 Å². The molecule has 1 atom stereocenters. The molecule has 4 nitrogen and oxygen atoms in total. The zero-order valence-electron chi connectivity index (χ0n) is 9.23. The van der Waals surface area contributed by atoms with Gasteiger partial charge in [0.2, 0.25) is 5.16 Å². The number of aryl methyl sites for hydroxylation is 2. The molecule has 0 aromatic carbocycles. The van der Waals surface area contributed by atoms with Crippen molar-refractivity contribution in [2.24, 2.45) is 5.73 Å². The summed E-state index contributed by atoms with van der Waals surface area (Å²) >= 11 is 3.36. The molecule has 2 aromatic rings. The van der Waals surface area contributed by atoms with Gasteiger partial charge in [0.15, 0.2) is 0 Å². The molecule has 6 heteroatoms. The van der Waals surface area contributed by atoms with Crippen LogP contribution < -0.4 is 5.73 Å². The van der Waals surface area contributed by atoms with Gasteiger partial charge in [-0.25, -0.2) is 4.98 Å². The second kappa shape index (κ2) is 4.99. The summed E-state index contributed by atoms with van der Waals surface area (Å²) in [6.07, 6.45) is 0. The molecule has 0 aliphatic rings. The van der Waals surface area contributed by atoms with E-state index in [2.05, 4.69) is 33.6 Å². The summed E-state index contributed by atoms with van der Waals surface area (Å²) in [5.41, 5.74) is 7.10. The lowest BCUT2D eigenvalue weighted by molar-refractivity contribution is 0.921. The van der Waals surface area contributed by atoms with E-state index in [1.54, 1.807) is 23.1 Å². The number of nitrogens with one attached hydrogen (secondary N) is 1. The molecule has 3 N–H and O–H groups in total. The van der Waals surface area contributed by atoms with Crippen LogP contribution in [0.15, 0.2) is 16.6 Å². The fourth-order valence-corrected chi connectivity index (χ4v) is 3.59. The lowest BCUT2D eigenvalue weighted by atomic mass is 10.2. The predicted octanol–water partition coefficient (Wildman–Crippen LogP) is 2.28. The third-order valence-corrected chi connectivity index (χ3v) is 4.62. The van der Waals surface area contributed by atoms with Gasteiger partial charge in [-0.3, -0.25) is 5.10 Å². The molecule has 0 amide bonds. The van der Waals surface area contributed by atoms with Crippen LogP contribution >= 0.6 is 23.1 Å². The fourth-order valence-electron chi connectivity index (χ4n) is 1.43. The van der Waals surface area contributed by atoms with Crippen LogP contribution in [0.1, 0.15) is 21.5 Å². The predicted molar refractivity (Wildman–Crippen MR) is 67.8 cm³/mol. The molecule has 16 heavy (non-hydrogen) atoms. The molecule has 1 unspecified atom stereocenters. The number of aromatic nitrogens is 3. The van der Waals surface area contributed by atoms with E-state index in [0.29, 0.717) is 6.54 Å². The van der Waals surface area contributed by atoms with Gasteiger partial charge < -0.3 is 5.73 Å². The largest absolute Gasteiger partial charge is 0.329 e. The zero-order valence-corrected chi connectivity index (χ0v) is 10.9. The Kier molecular flexibility index (Phi) is 3.63. The number of nitrogens with zero attached hydrogens (tertiary/aromatic N) is 2. The molecule has 0 spiro atoms. The van der Waals surface area contributed by atoms with Crippen molar-refractivity contribution in [2.45, 2.75) is 24.3 Å². The molecular weight excluding hydrogens is 240 g/mol. The Morgan fingerprint density at radius 3 is 2.88 bits per heavy atom. The van der Waals surface area contributed by atoms with E-state index in [9.17, 15) is 0 Å². The number of aromatic amines is 1. The Morgan fingerprint density at radius 1 is 1.56 bits per heavy atom. The molecule has 0 aliphatic heterocycles. The van der Waals surface area contributed by atoms with Crippen LogP contribution in [0.25, 0.3) is 0 Å². The average Bonchev–Trinajstić information content (AvgIpc) is 2.84. The number of H-pyrrole nitrogens is 1. The summed E-state index contributed by atoms with van der Waals surface area (Å²) < 4.78 is 0. The number of thioether (sulfide) groups is 1. The highest BCUT2D eigenvalue weighted by Crippen LogP contribution is 2.36. The Balaban J connectivity index is 2.15. The molecule has 0 saturated carbocycles. The summed E-state index contributed by atoms with van der Waals surface area (Å²) in [5, 5.41) is 10.1. The first-order valence-electron chi connectivity index (χ1n) is 5.00. The molecule has 2 rings (SSSR count). The zero-order chi connectivity index (χ0) is 11.5. The van der Waals surface area contributed by atoms with E-state index in [-0.39, 0.29) is 5.25 Å². The Hall–Kier alpha value is -0.850. The number of hydrogen-bond acceptors (Lipinski definition) is 5. The highest BCUT2D eigenvalue weighted by molar-refractivity contribution is 7.99. The normalized spacial score (nSPS) is 12.9.